The predicted molar refractivity (Wildman–Crippen MR) is 105 cm³/mol. The topological polar surface area (TPSA) is 67.8 Å². The summed E-state index contributed by atoms with van der Waals surface area (Å²) in [5.74, 6) is 0.493. The molecule has 1 amide bonds. The van der Waals surface area contributed by atoms with Crippen LogP contribution in [0.3, 0.4) is 0 Å². The van der Waals surface area contributed by atoms with Crippen LogP contribution in [0.25, 0.3) is 22.6 Å². The van der Waals surface area contributed by atoms with Crippen LogP contribution in [0.1, 0.15) is 42.5 Å². The Balaban J connectivity index is 1.70. The van der Waals surface area contributed by atoms with Gasteiger partial charge in [0.1, 0.15) is 0 Å². The predicted octanol–water partition coefficient (Wildman–Crippen LogP) is 4.27. The van der Waals surface area contributed by atoms with Gasteiger partial charge in [-0.25, -0.2) is 9.97 Å². The third kappa shape index (κ3) is 4.03. The number of pyridine rings is 1. The number of amides is 1. The number of nitrogens with one attached hydrogen (secondary N) is 1. The molecule has 1 fully saturated rings. The van der Waals surface area contributed by atoms with E-state index in [-0.39, 0.29) is 11.9 Å². The SMILES string of the molecule is O=C(NC1CCCCC1)c1cnc(-c2ccncc2)nc1-c1ccccc1. The van der Waals surface area contributed by atoms with E-state index in [1.54, 1.807) is 18.6 Å². The minimum atomic E-state index is -0.0953. The third-order valence-electron chi connectivity index (χ3n) is 4.96. The van der Waals surface area contributed by atoms with Crippen molar-refractivity contribution in [2.24, 2.45) is 0 Å². The zero-order chi connectivity index (χ0) is 18.5. The molecule has 2 heterocycles. The molecule has 5 nitrogen and oxygen atoms in total. The maximum absolute atomic E-state index is 13.0. The molecule has 1 aliphatic rings. The molecule has 5 heteroatoms. The molecule has 0 unspecified atom stereocenters. The molecule has 3 aromatic rings. The van der Waals surface area contributed by atoms with Gasteiger partial charge in [-0.1, -0.05) is 49.6 Å². The maximum atomic E-state index is 13.0. The van der Waals surface area contributed by atoms with Gasteiger partial charge in [0, 0.05) is 35.8 Å². The van der Waals surface area contributed by atoms with Crippen LogP contribution >= 0.6 is 0 Å². The van der Waals surface area contributed by atoms with Gasteiger partial charge in [0.2, 0.25) is 0 Å². The molecule has 0 atom stereocenters. The number of hydrogen-bond acceptors (Lipinski definition) is 4. The molecule has 0 bridgehead atoms. The Labute approximate surface area is 158 Å². The quantitative estimate of drug-likeness (QED) is 0.756. The van der Waals surface area contributed by atoms with Crippen LogP contribution in [-0.4, -0.2) is 26.9 Å². The minimum Gasteiger partial charge on any atom is -0.349 e. The van der Waals surface area contributed by atoms with E-state index in [1.807, 2.05) is 42.5 Å². The molecule has 0 saturated heterocycles. The highest BCUT2D eigenvalue weighted by Crippen LogP contribution is 2.25. The summed E-state index contributed by atoms with van der Waals surface area (Å²) in [7, 11) is 0. The average Bonchev–Trinajstić information content (AvgIpc) is 2.75. The van der Waals surface area contributed by atoms with Crippen LogP contribution in [0.15, 0.2) is 61.1 Å². The van der Waals surface area contributed by atoms with Crippen molar-refractivity contribution in [3.63, 3.8) is 0 Å². The molecule has 136 valence electrons. The summed E-state index contributed by atoms with van der Waals surface area (Å²) in [6.45, 7) is 0. The van der Waals surface area contributed by atoms with E-state index < -0.39 is 0 Å². The number of carbonyl (C=O) groups excluding carboxylic acids is 1. The maximum Gasteiger partial charge on any atom is 0.255 e. The number of carbonyl (C=O) groups is 1. The summed E-state index contributed by atoms with van der Waals surface area (Å²) in [5.41, 5.74) is 2.96. The van der Waals surface area contributed by atoms with E-state index in [0.717, 1.165) is 24.0 Å². The Hall–Kier alpha value is -3.08. The zero-order valence-corrected chi connectivity index (χ0v) is 15.1. The van der Waals surface area contributed by atoms with Crippen molar-refractivity contribution in [1.29, 1.82) is 0 Å². The fourth-order valence-electron chi connectivity index (χ4n) is 3.51. The number of hydrogen-bond donors (Lipinski definition) is 1. The summed E-state index contributed by atoms with van der Waals surface area (Å²) in [6.07, 6.45) is 10.8. The van der Waals surface area contributed by atoms with Crippen molar-refractivity contribution in [2.45, 2.75) is 38.1 Å². The van der Waals surface area contributed by atoms with Gasteiger partial charge in [-0.3, -0.25) is 9.78 Å². The Kier molecular flexibility index (Phi) is 5.19. The lowest BCUT2D eigenvalue weighted by atomic mass is 9.95. The molecule has 0 aliphatic heterocycles. The van der Waals surface area contributed by atoms with Crippen LogP contribution in [0, 0.1) is 0 Å². The van der Waals surface area contributed by atoms with E-state index in [9.17, 15) is 4.79 Å². The fourth-order valence-corrected chi connectivity index (χ4v) is 3.51. The Morgan fingerprint density at radius 3 is 2.41 bits per heavy atom. The van der Waals surface area contributed by atoms with E-state index in [2.05, 4.69) is 15.3 Å². The van der Waals surface area contributed by atoms with Crippen molar-refractivity contribution >= 4 is 5.91 Å². The van der Waals surface area contributed by atoms with E-state index in [1.165, 1.54) is 19.3 Å². The largest absolute Gasteiger partial charge is 0.349 e. The Morgan fingerprint density at radius 2 is 1.67 bits per heavy atom. The number of benzene rings is 1. The monoisotopic (exact) mass is 358 g/mol. The summed E-state index contributed by atoms with van der Waals surface area (Å²) in [4.78, 5) is 26.2. The van der Waals surface area contributed by atoms with E-state index >= 15 is 0 Å². The molecule has 1 aliphatic carbocycles. The van der Waals surface area contributed by atoms with Gasteiger partial charge in [0.25, 0.3) is 5.91 Å². The molecule has 2 aromatic heterocycles. The Bertz CT molecular complexity index is 906. The zero-order valence-electron chi connectivity index (χ0n) is 15.1. The van der Waals surface area contributed by atoms with E-state index in [4.69, 9.17) is 4.98 Å². The molecule has 4 rings (SSSR count). The molecular formula is C22H22N4O. The van der Waals surface area contributed by atoms with Crippen LogP contribution in [0.2, 0.25) is 0 Å². The first-order valence-corrected chi connectivity index (χ1v) is 9.45. The van der Waals surface area contributed by atoms with Gasteiger partial charge in [-0.15, -0.1) is 0 Å². The lowest BCUT2D eigenvalue weighted by Crippen LogP contribution is -2.36. The van der Waals surface area contributed by atoms with Crippen LogP contribution in [0.4, 0.5) is 0 Å². The lowest BCUT2D eigenvalue weighted by molar-refractivity contribution is 0.0927. The van der Waals surface area contributed by atoms with Gasteiger partial charge in [-0.05, 0) is 25.0 Å². The molecule has 1 saturated carbocycles. The molecule has 1 N–H and O–H groups in total. The number of aromatic nitrogens is 3. The number of rotatable bonds is 4. The second-order valence-corrected chi connectivity index (χ2v) is 6.87. The van der Waals surface area contributed by atoms with E-state index in [0.29, 0.717) is 17.1 Å². The Morgan fingerprint density at radius 1 is 0.926 bits per heavy atom. The first-order chi connectivity index (χ1) is 13.3. The number of nitrogens with zero attached hydrogens (tertiary/aromatic N) is 3. The summed E-state index contributed by atoms with van der Waals surface area (Å²) in [6, 6.07) is 13.8. The van der Waals surface area contributed by atoms with Gasteiger partial charge >= 0.3 is 0 Å². The van der Waals surface area contributed by atoms with Crippen LogP contribution < -0.4 is 5.32 Å². The smallest absolute Gasteiger partial charge is 0.255 e. The summed E-state index contributed by atoms with van der Waals surface area (Å²) in [5, 5.41) is 3.18. The summed E-state index contributed by atoms with van der Waals surface area (Å²) >= 11 is 0. The third-order valence-corrected chi connectivity index (χ3v) is 4.96. The second-order valence-electron chi connectivity index (χ2n) is 6.87. The van der Waals surface area contributed by atoms with Crippen molar-refractivity contribution in [3.05, 3.63) is 66.6 Å². The van der Waals surface area contributed by atoms with Crippen molar-refractivity contribution < 1.29 is 4.79 Å². The highest BCUT2D eigenvalue weighted by molar-refractivity contribution is 6.00. The van der Waals surface area contributed by atoms with Gasteiger partial charge in [0.05, 0.1) is 11.3 Å². The molecule has 27 heavy (non-hydrogen) atoms. The molecule has 1 aromatic carbocycles. The average molecular weight is 358 g/mol. The normalized spacial score (nSPS) is 14.7. The van der Waals surface area contributed by atoms with Gasteiger partial charge < -0.3 is 5.32 Å². The van der Waals surface area contributed by atoms with Gasteiger partial charge in [0.15, 0.2) is 5.82 Å². The lowest BCUT2D eigenvalue weighted by Gasteiger charge is -2.23. The van der Waals surface area contributed by atoms with Crippen molar-refractivity contribution in [2.75, 3.05) is 0 Å². The molecule has 0 spiro atoms. The highest BCUT2D eigenvalue weighted by Gasteiger charge is 2.21. The summed E-state index contributed by atoms with van der Waals surface area (Å²) < 4.78 is 0. The standard InChI is InChI=1S/C22H22N4O/c27-22(25-18-9-5-2-6-10-18)19-15-24-21(17-11-13-23-14-12-17)26-20(19)16-7-3-1-4-8-16/h1,3-4,7-8,11-15,18H,2,5-6,9-10H2,(H,25,27). The van der Waals surface area contributed by atoms with Crippen LogP contribution in [-0.2, 0) is 0 Å². The first kappa shape index (κ1) is 17.3. The first-order valence-electron chi connectivity index (χ1n) is 9.45. The minimum absolute atomic E-state index is 0.0953. The highest BCUT2D eigenvalue weighted by atomic mass is 16.1. The van der Waals surface area contributed by atoms with Crippen molar-refractivity contribution in [1.82, 2.24) is 20.3 Å². The fraction of sp³-hybridized carbons (Fsp3) is 0.273. The molecular weight excluding hydrogens is 336 g/mol. The van der Waals surface area contributed by atoms with Crippen molar-refractivity contribution in [3.8, 4) is 22.6 Å². The second kappa shape index (κ2) is 8.08. The molecule has 0 radical (unpaired) electrons. The van der Waals surface area contributed by atoms with Crippen LogP contribution in [0.5, 0.6) is 0 Å². The van der Waals surface area contributed by atoms with Gasteiger partial charge in [-0.2, -0.15) is 0 Å².